The van der Waals surface area contributed by atoms with Gasteiger partial charge in [0.15, 0.2) is 0 Å². The highest BCUT2D eigenvalue weighted by atomic mass is 79.9. The Kier molecular flexibility index (Phi) is 8.35. The molecule has 0 saturated heterocycles. The molecule has 0 heterocycles. The Morgan fingerprint density at radius 3 is 2.42 bits per heavy atom. The molecule has 1 aromatic rings. The highest BCUT2D eigenvalue weighted by molar-refractivity contribution is 9.10. The molecule has 19 heavy (non-hydrogen) atoms. The maximum Gasteiger partial charge on any atom is 0.0253 e. The van der Waals surface area contributed by atoms with Gasteiger partial charge in [0.1, 0.15) is 0 Å². The van der Waals surface area contributed by atoms with Crippen molar-refractivity contribution in [3.63, 3.8) is 0 Å². The third kappa shape index (κ3) is 6.55. The summed E-state index contributed by atoms with van der Waals surface area (Å²) in [6.45, 7) is 4.54. The molecule has 0 bridgehead atoms. The lowest BCUT2D eigenvalue weighted by Crippen LogP contribution is -2.38. The number of nitrogens with one attached hydrogen (secondary N) is 1. The molecule has 108 valence electrons. The summed E-state index contributed by atoms with van der Waals surface area (Å²) in [6.07, 6.45) is 7.36. The Morgan fingerprint density at radius 1 is 1.21 bits per heavy atom. The summed E-state index contributed by atoms with van der Waals surface area (Å²) in [5.74, 6) is 6.51. The van der Waals surface area contributed by atoms with Crippen LogP contribution in [0.5, 0.6) is 0 Å². The summed E-state index contributed by atoms with van der Waals surface area (Å²) in [6, 6.07) is 8.90. The van der Waals surface area contributed by atoms with E-state index in [0.29, 0.717) is 6.04 Å². The maximum absolute atomic E-state index is 5.72. The van der Waals surface area contributed by atoms with E-state index in [4.69, 9.17) is 5.84 Å². The molecule has 0 aromatic heterocycles. The van der Waals surface area contributed by atoms with Crippen molar-refractivity contribution < 1.29 is 0 Å². The minimum atomic E-state index is 0.378. The summed E-state index contributed by atoms with van der Waals surface area (Å²) in [7, 11) is 0. The molecule has 0 amide bonds. The molecule has 2 nitrogen and oxygen atoms in total. The molecule has 0 spiro atoms. The first-order chi connectivity index (χ1) is 9.19. The van der Waals surface area contributed by atoms with Crippen LogP contribution < -0.4 is 11.3 Å². The van der Waals surface area contributed by atoms with Crippen LogP contribution in [0, 0.1) is 5.92 Å². The predicted molar refractivity (Wildman–Crippen MR) is 86.9 cm³/mol. The van der Waals surface area contributed by atoms with E-state index in [1.165, 1.54) is 37.7 Å². The van der Waals surface area contributed by atoms with Crippen LogP contribution in [0.4, 0.5) is 0 Å². The SMILES string of the molecule is CCCCC(CC)CC(Cc1ccc(Br)cc1)NN. The van der Waals surface area contributed by atoms with Gasteiger partial charge in [0.2, 0.25) is 0 Å². The molecule has 0 aliphatic heterocycles. The zero-order chi connectivity index (χ0) is 14.1. The third-order valence-corrected chi connectivity index (χ3v) is 4.32. The topological polar surface area (TPSA) is 38.0 Å². The largest absolute Gasteiger partial charge is 0.271 e. The van der Waals surface area contributed by atoms with E-state index in [9.17, 15) is 0 Å². The van der Waals surface area contributed by atoms with Crippen LogP contribution >= 0.6 is 15.9 Å². The number of hydrogen-bond donors (Lipinski definition) is 2. The predicted octanol–water partition coefficient (Wildman–Crippen LogP) is 4.43. The second-order valence-corrected chi connectivity index (χ2v) is 6.26. The number of unbranched alkanes of at least 4 members (excludes halogenated alkanes) is 1. The van der Waals surface area contributed by atoms with Gasteiger partial charge in [-0.3, -0.25) is 11.3 Å². The van der Waals surface area contributed by atoms with Crippen molar-refractivity contribution >= 4 is 15.9 Å². The molecular formula is C16H27BrN2. The molecule has 3 heteroatoms. The minimum absolute atomic E-state index is 0.378. The van der Waals surface area contributed by atoms with Gasteiger partial charge in [-0.1, -0.05) is 67.6 Å². The van der Waals surface area contributed by atoms with Crippen LogP contribution in [0.1, 0.15) is 51.5 Å². The summed E-state index contributed by atoms with van der Waals surface area (Å²) >= 11 is 3.47. The van der Waals surface area contributed by atoms with E-state index in [-0.39, 0.29) is 0 Å². The van der Waals surface area contributed by atoms with Crippen molar-refractivity contribution in [2.75, 3.05) is 0 Å². The van der Waals surface area contributed by atoms with Crippen LogP contribution in [0.2, 0.25) is 0 Å². The Bertz CT molecular complexity index is 337. The van der Waals surface area contributed by atoms with E-state index < -0.39 is 0 Å². The fourth-order valence-corrected chi connectivity index (χ4v) is 2.76. The van der Waals surface area contributed by atoms with Gasteiger partial charge >= 0.3 is 0 Å². The lowest BCUT2D eigenvalue weighted by Gasteiger charge is -2.22. The zero-order valence-corrected chi connectivity index (χ0v) is 13.7. The van der Waals surface area contributed by atoms with Crippen LogP contribution in [0.3, 0.4) is 0 Å². The highest BCUT2D eigenvalue weighted by Gasteiger charge is 2.14. The molecule has 3 N–H and O–H groups in total. The molecule has 2 unspecified atom stereocenters. The monoisotopic (exact) mass is 326 g/mol. The van der Waals surface area contributed by atoms with Gasteiger partial charge in [0.05, 0.1) is 0 Å². The normalized spacial score (nSPS) is 14.3. The van der Waals surface area contributed by atoms with E-state index >= 15 is 0 Å². The lowest BCUT2D eigenvalue weighted by molar-refractivity contribution is 0.350. The summed E-state index contributed by atoms with van der Waals surface area (Å²) < 4.78 is 1.13. The van der Waals surface area contributed by atoms with Crippen molar-refractivity contribution in [2.45, 2.75) is 58.4 Å². The second kappa shape index (κ2) is 9.51. The van der Waals surface area contributed by atoms with Crippen molar-refractivity contribution in [3.05, 3.63) is 34.3 Å². The smallest absolute Gasteiger partial charge is 0.0253 e. The van der Waals surface area contributed by atoms with Gasteiger partial charge < -0.3 is 0 Å². The molecule has 0 radical (unpaired) electrons. The van der Waals surface area contributed by atoms with Gasteiger partial charge in [0.25, 0.3) is 0 Å². The van der Waals surface area contributed by atoms with Crippen LogP contribution in [-0.2, 0) is 6.42 Å². The number of hydrazine groups is 1. The summed E-state index contributed by atoms with van der Waals surface area (Å²) in [5, 5.41) is 0. The minimum Gasteiger partial charge on any atom is -0.271 e. The first-order valence-corrected chi connectivity index (χ1v) is 8.19. The van der Waals surface area contributed by atoms with Gasteiger partial charge in [-0.05, 0) is 36.5 Å². The molecule has 0 saturated carbocycles. The fraction of sp³-hybridized carbons (Fsp3) is 0.625. The molecule has 1 rings (SSSR count). The average molecular weight is 327 g/mol. The number of nitrogens with two attached hydrogens (primary N) is 1. The molecule has 2 atom stereocenters. The Morgan fingerprint density at radius 2 is 1.89 bits per heavy atom. The van der Waals surface area contributed by atoms with Gasteiger partial charge in [-0.25, -0.2) is 0 Å². The van der Waals surface area contributed by atoms with E-state index in [2.05, 4.69) is 59.5 Å². The standard InChI is InChI=1S/C16H27BrN2/c1-3-5-6-13(4-2)11-16(19-18)12-14-7-9-15(17)10-8-14/h7-10,13,16,19H,3-6,11-12,18H2,1-2H3. The Balaban J connectivity index is 2.49. The van der Waals surface area contributed by atoms with Crippen molar-refractivity contribution in [1.29, 1.82) is 0 Å². The van der Waals surface area contributed by atoms with Crippen LogP contribution in [0.15, 0.2) is 28.7 Å². The molecular weight excluding hydrogens is 300 g/mol. The zero-order valence-electron chi connectivity index (χ0n) is 12.2. The third-order valence-electron chi connectivity index (χ3n) is 3.79. The Hall–Kier alpha value is -0.380. The van der Waals surface area contributed by atoms with Gasteiger partial charge in [-0.15, -0.1) is 0 Å². The summed E-state index contributed by atoms with van der Waals surface area (Å²) in [4.78, 5) is 0. The quantitative estimate of drug-likeness (QED) is 0.520. The molecule has 0 aliphatic rings. The van der Waals surface area contributed by atoms with E-state index in [1.54, 1.807) is 0 Å². The van der Waals surface area contributed by atoms with Crippen LogP contribution in [-0.4, -0.2) is 6.04 Å². The Labute approximate surface area is 126 Å². The highest BCUT2D eigenvalue weighted by Crippen LogP contribution is 2.20. The first kappa shape index (κ1) is 16.7. The number of benzene rings is 1. The van der Waals surface area contributed by atoms with Crippen molar-refractivity contribution in [3.8, 4) is 0 Å². The molecule has 1 aromatic carbocycles. The van der Waals surface area contributed by atoms with Gasteiger partial charge in [0, 0.05) is 10.5 Å². The summed E-state index contributed by atoms with van der Waals surface area (Å²) in [5.41, 5.74) is 4.34. The maximum atomic E-state index is 5.72. The van der Waals surface area contributed by atoms with Crippen molar-refractivity contribution in [2.24, 2.45) is 11.8 Å². The van der Waals surface area contributed by atoms with E-state index in [0.717, 1.165) is 16.8 Å². The number of hydrogen-bond acceptors (Lipinski definition) is 2. The van der Waals surface area contributed by atoms with Crippen LogP contribution in [0.25, 0.3) is 0 Å². The molecule has 0 aliphatic carbocycles. The first-order valence-electron chi connectivity index (χ1n) is 7.40. The fourth-order valence-electron chi connectivity index (χ4n) is 2.50. The second-order valence-electron chi connectivity index (χ2n) is 5.35. The number of rotatable bonds is 9. The number of halogens is 1. The molecule has 0 fully saturated rings. The average Bonchev–Trinajstić information content (AvgIpc) is 2.44. The van der Waals surface area contributed by atoms with Gasteiger partial charge in [-0.2, -0.15) is 0 Å². The lowest BCUT2D eigenvalue weighted by atomic mass is 9.90. The van der Waals surface area contributed by atoms with Crippen molar-refractivity contribution in [1.82, 2.24) is 5.43 Å². The van der Waals surface area contributed by atoms with E-state index in [1.807, 2.05) is 0 Å².